The van der Waals surface area contributed by atoms with Crippen molar-refractivity contribution < 1.29 is 4.39 Å². The summed E-state index contributed by atoms with van der Waals surface area (Å²) < 4.78 is 12.7. The van der Waals surface area contributed by atoms with Crippen LogP contribution in [0.15, 0.2) is 52.4 Å². The van der Waals surface area contributed by atoms with Crippen molar-refractivity contribution in [2.75, 3.05) is 0 Å². The van der Waals surface area contributed by atoms with Gasteiger partial charge in [-0.2, -0.15) is 0 Å². The molecule has 0 atom stereocenters. The summed E-state index contributed by atoms with van der Waals surface area (Å²) in [5, 5.41) is 0. The van der Waals surface area contributed by atoms with Gasteiger partial charge in [-0.25, -0.2) is 4.39 Å². The highest BCUT2D eigenvalue weighted by Crippen LogP contribution is 2.26. The quantitative estimate of drug-likeness (QED) is 0.887. The molecular weight excluding hydrogens is 223 g/mol. The number of nitrogens with two attached hydrogens (primary N) is 1. The Bertz CT molecular complexity index is 453. The predicted molar refractivity (Wildman–Crippen MR) is 62.7 cm³/mol. The van der Waals surface area contributed by atoms with Gasteiger partial charge < -0.3 is 5.73 Å². The lowest BCUT2D eigenvalue weighted by Gasteiger charge is -2.02. The van der Waals surface area contributed by atoms with Gasteiger partial charge in [-0.05, 0) is 36.4 Å². The van der Waals surface area contributed by atoms with E-state index in [4.69, 9.17) is 5.73 Å². The minimum absolute atomic E-state index is 0.221. The Morgan fingerprint density at radius 1 is 1.06 bits per heavy atom. The first-order valence-corrected chi connectivity index (χ1v) is 5.68. The highest BCUT2D eigenvalue weighted by Gasteiger charge is 1.98. The van der Waals surface area contributed by atoms with Crippen LogP contribution < -0.4 is 5.73 Å². The van der Waals surface area contributed by atoms with Crippen LogP contribution in [0.5, 0.6) is 0 Å². The average Bonchev–Trinajstić information content (AvgIpc) is 2.33. The largest absolute Gasteiger partial charge is 0.325 e. The third kappa shape index (κ3) is 2.81. The number of benzene rings is 1. The SMILES string of the molecule is NCc1ccc(Sc2ccc(F)cc2)cn1. The summed E-state index contributed by atoms with van der Waals surface area (Å²) in [5.41, 5.74) is 6.32. The van der Waals surface area contributed by atoms with Gasteiger partial charge in [0.2, 0.25) is 0 Å². The Morgan fingerprint density at radius 3 is 2.31 bits per heavy atom. The van der Waals surface area contributed by atoms with Crippen molar-refractivity contribution in [3.63, 3.8) is 0 Å². The Labute approximate surface area is 97.7 Å². The van der Waals surface area contributed by atoms with Crippen molar-refractivity contribution in [1.29, 1.82) is 0 Å². The van der Waals surface area contributed by atoms with E-state index in [1.54, 1.807) is 30.1 Å². The minimum atomic E-state index is -0.221. The van der Waals surface area contributed by atoms with Gasteiger partial charge in [0.1, 0.15) is 5.82 Å². The zero-order valence-electron chi connectivity index (χ0n) is 8.56. The van der Waals surface area contributed by atoms with Crippen molar-refractivity contribution in [3.8, 4) is 0 Å². The van der Waals surface area contributed by atoms with E-state index in [9.17, 15) is 4.39 Å². The van der Waals surface area contributed by atoms with Gasteiger partial charge in [0.25, 0.3) is 0 Å². The van der Waals surface area contributed by atoms with E-state index in [2.05, 4.69) is 4.98 Å². The number of rotatable bonds is 3. The maximum absolute atomic E-state index is 12.7. The van der Waals surface area contributed by atoms with E-state index in [-0.39, 0.29) is 5.82 Å². The van der Waals surface area contributed by atoms with Crippen molar-refractivity contribution in [3.05, 3.63) is 54.1 Å². The molecule has 0 fully saturated rings. The molecule has 0 amide bonds. The van der Waals surface area contributed by atoms with Gasteiger partial charge in [0.05, 0.1) is 5.69 Å². The molecule has 2 rings (SSSR count). The van der Waals surface area contributed by atoms with Crippen LogP contribution >= 0.6 is 11.8 Å². The van der Waals surface area contributed by atoms with Gasteiger partial charge in [-0.15, -0.1) is 0 Å². The number of hydrogen-bond donors (Lipinski definition) is 1. The first kappa shape index (κ1) is 11.1. The fourth-order valence-corrected chi connectivity index (χ4v) is 2.02. The first-order chi connectivity index (χ1) is 7.78. The predicted octanol–water partition coefficient (Wildman–Crippen LogP) is 2.83. The van der Waals surface area contributed by atoms with E-state index in [1.165, 1.54) is 12.1 Å². The topological polar surface area (TPSA) is 38.9 Å². The second kappa shape index (κ2) is 5.09. The third-order valence-corrected chi connectivity index (χ3v) is 3.04. The number of halogens is 1. The summed E-state index contributed by atoms with van der Waals surface area (Å²) in [6.45, 7) is 0.446. The van der Waals surface area contributed by atoms with E-state index in [0.29, 0.717) is 6.54 Å². The Hall–Kier alpha value is -1.39. The van der Waals surface area contributed by atoms with Crippen molar-refractivity contribution in [2.24, 2.45) is 5.73 Å². The van der Waals surface area contributed by atoms with E-state index in [0.717, 1.165) is 15.5 Å². The van der Waals surface area contributed by atoms with Crippen LogP contribution in [-0.2, 0) is 6.54 Å². The van der Waals surface area contributed by atoms with Gasteiger partial charge in [0.15, 0.2) is 0 Å². The summed E-state index contributed by atoms with van der Waals surface area (Å²) in [6, 6.07) is 10.2. The van der Waals surface area contributed by atoms with E-state index in [1.807, 2.05) is 12.1 Å². The van der Waals surface area contributed by atoms with Crippen molar-refractivity contribution in [1.82, 2.24) is 4.98 Å². The van der Waals surface area contributed by atoms with Crippen LogP contribution in [0.1, 0.15) is 5.69 Å². The maximum Gasteiger partial charge on any atom is 0.123 e. The summed E-state index contributed by atoms with van der Waals surface area (Å²) >= 11 is 1.55. The molecule has 1 aromatic carbocycles. The molecule has 0 bridgehead atoms. The Kier molecular flexibility index (Phi) is 3.54. The van der Waals surface area contributed by atoms with Gasteiger partial charge in [0, 0.05) is 22.5 Å². The zero-order valence-corrected chi connectivity index (χ0v) is 9.38. The summed E-state index contributed by atoms with van der Waals surface area (Å²) in [6.07, 6.45) is 1.77. The highest BCUT2D eigenvalue weighted by atomic mass is 32.2. The average molecular weight is 234 g/mol. The molecule has 2 nitrogen and oxygen atoms in total. The van der Waals surface area contributed by atoms with Gasteiger partial charge >= 0.3 is 0 Å². The molecule has 0 aliphatic rings. The molecule has 0 unspecified atom stereocenters. The van der Waals surface area contributed by atoms with E-state index < -0.39 is 0 Å². The van der Waals surface area contributed by atoms with Gasteiger partial charge in [-0.3, -0.25) is 4.98 Å². The minimum Gasteiger partial charge on any atom is -0.325 e. The molecule has 1 heterocycles. The molecule has 0 radical (unpaired) electrons. The van der Waals surface area contributed by atoms with Crippen LogP contribution in [0.3, 0.4) is 0 Å². The molecule has 2 aromatic rings. The number of hydrogen-bond acceptors (Lipinski definition) is 3. The molecule has 0 aliphatic heterocycles. The van der Waals surface area contributed by atoms with Gasteiger partial charge in [-0.1, -0.05) is 11.8 Å². The van der Waals surface area contributed by atoms with Crippen molar-refractivity contribution >= 4 is 11.8 Å². The molecule has 4 heteroatoms. The molecule has 16 heavy (non-hydrogen) atoms. The second-order valence-electron chi connectivity index (χ2n) is 3.25. The van der Waals surface area contributed by atoms with Crippen LogP contribution in [0.2, 0.25) is 0 Å². The second-order valence-corrected chi connectivity index (χ2v) is 4.39. The molecule has 1 aromatic heterocycles. The first-order valence-electron chi connectivity index (χ1n) is 4.86. The molecule has 2 N–H and O–H groups in total. The normalized spacial score (nSPS) is 10.4. The monoisotopic (exact) mass is 234 g/mol. The molecule has 0 aliphatic carbocycles. The van der Waals surface area contributed by atoms with Crippen molar-refractivity contribution in [2.45, 2.75) is 16.3 Å². The zero-order chi connectivity index (χ0) is 11.4. The molecule has 0 spiro atoms. The Morgan fingerprint density at radius 2 is 1.75 bits per heavy atom. The molecule has 0 saturated carbocycles. The number of pyridine rings is 1. The summed E-state index contributed by atoms with van der Waals surface area (Å²) in [4.78, 5) is 6.20. The van der Waals surface area contributed by atoms with Crippen LogP contribution in [-0.4, -0.2) is 4.98 Å². The lowest BCUT2D eigenvalue weighted by atomic mass is 10.3. The third-order valence-electron chi connectivity index (χ3n) is 2.06. The fraction of sp³-hybridized carbons (Fsp3) is 0.0833. The van der Waals surface area contributed by atoms with E-state index >= 15 is 0 Å². The number of aromatic nitrogens is 1. The lowest BCUT2D eigenvalue weighted by molar-refractivity contribution is 0.626. The maximum atomic E-state index is 12.7. The number of nitrogens with zero attached hydrogens (tertiary/aromatic N) is 1. The van der Waals surface area contributed by atoms with Crippen LogP contribution in [0, 0.1) is 5.82 Å². The molecule has 82 valence electrons. The molecule has 0 saturated heterocycles. The van der Waals surface area contributed by atoms with Crippen LogP contribution in [0.25, 0.3) is 0 Å². The summed E-state index contributed by atoms with van der Waals surface area (Å²) in [7, 11) is 0. The fourth-order valence-electron chi connectivity index (χ4n) is 1.23. The van der Waals surface area contributed by atoms with Crippen LogP contribution in [0.4, 0.5) is 4.39 Å². The summed E-state index contributed by atoms with van der Waals surface area (Å²) in [5.74, 6) is -0.221. The smallest absolute Gasteiger partial charge is 0.123 e. The molecular formula is C12H11FN2S. The standard InChI is InChI=1S/C12H11FN2S/c13-9-1-4-11(5-2-9)16-12-6-3-10(7-14)15-8-12/h1-6,8H,7,14H2. The lowest BCUT2D eigenvalue weighted by Crippen LogP contribution is -1.98. The Balaban J connectivity index is 2.11. The highest BCUT2D eigenvalue weighted by molar-refractivity contribution is 7.99.